The molecule has 1 aromatic carbocycles. The smallest absolute Gasteiger partial charge is 0.313 e. The minimum absolute atomic E-state index is 0.0265. The molecular formula is C16H21N3O4. The molecule has 0 aromatic heterocycles. The van der Waals surface area contributed by atoms with Crippen LogP contribution in [0.3, 0.4) is 0 Å². The second-order valence-corrected chi connectivity index (χ2v) is 5.78. The van der Waals surface area contributed by atoms with Gasteiger partial charge in [-0.25, -0.2) is 0 Å². The lowest BCUT2D eigenvalue weighted by molar-refractivity contribution is -0.384. The number of nitro groups is 1. The molecule has 0 unspecified atom stereocenters. The van der Waals surface area contributed by atoms with Gasteiger partial charge in [-0.3, -0.25) is 19.7 Å². The van der Waals surface area contributed by atoms with Crippen molar-refractivity contribution in [1.29, 1.82) is 0 Å². The first-order valence-corrected chi connectivity index (χ1v) is 7.92. The highest BCUT2D eigenvalue weighted by atomic mass is 16.6. The normalized spacial score (nSPS) is 16.0. The van der Waals surface area contributed by atoms with Crippen molar-refractivity contribution < 1.29 is 14.5 Å². The first kappa shape index (κ1) is 16.9. The number of carbonyl (C=O) groups excluding carboxylic acids is 2. The molecule has 7 heteroatoms. The lowest BCUT2D eigenvalue weighted by Gasteiger charge is -2.20. The Labute approximate surface area is 134 Å². The van der Waals surface area contributed by atoms with Crippen molar-refractivity contribution in [3.63, 3.8) is 0 Å². The third-order valence-corrected chi connectivity index (χ3v) is 3.96. The van der Waals surface area contributed by atoms with E-state index in [9.17, 15) is 19.7 Å². The topological polar surface area (TPSA) is 101 Å². The van der Waals surface area contributed by atoms with Gasteiger partial charge in [0, 0.05) is 23.9 Å². The first-order chi connectivity index (χ1) is 11.1. The van der Waals surface area contributed by atoms with Crippen molar-refractivity contribution in [2.24, 2.45) is 0 Å². The highest BCUT2D eigenvalue weighted by molar-refractivity contribution is 6.39. The molecule has 0 aliphatic heterocycles. The quantitative estimate of drug-likeness (QED) is 0.508. The van der Waals surface area contributed by atoms with Gasteiger partial charge < -0.3 is 10.6 Å². The van der Waals surface area contributed by atoms with Gasteiger partial charge in [-0.15, -0.1) is 0 Å². The van der Waals surface area contributed by atoms with Gasteiger partial charge in [0.05, 0.1) is 4.92 Å². The summed E-state index contributed by atoms with van der Waals surface area (Å²) in [6, 6.07) is 5.54. The fraction of sp³-hybridized carbons (Fsp3) is 0.500. The standard InChI is InChI=1S/C16H21N3O4/c20-15(17-12-7-4-2-1-3-5-8-12)16(21)18-13-9-6-10-14(11-13)19(22)23/h6,9-12H,1-5,7-8H2,(H,17,20)(H,18,21). The predicted molar refractivity (Wildman–Crippen MR) is 86.0 cm³/mol. The van der Waals surface area contributed by atoms with Crippen LogP contribution in [0.25, 0.3) is 0 Å². The van der Waals surface area contributed by atoms with Crippen LogP contribution in [0.15, 0.2) is 24.3 Å². The van der Waals surface area contributed by atoms with Crippen LogP contribution < -0.4 is 10.6 Å². The van der Waals surface area contributed by atoms with Crippen molar-refractivity contribution >= 4 is 23.2 Å². The van der Waals surface area contributed by atoms with Crippen LogP contribution in [0.5, 0.6) is 0 Å². The summed E-state index contributed by atoms with van der Waals surface area (Å²) in [6.07, 6.45) is 7.42. The highest BCUT2D eigenvalue weighted by Gasteiger charge is 2.20. The molecule has 2 rings (SSSR count). The molecule has 23 heavy (non-hydrogen) atoms. The van der Waals surface area contributed by atoms with Crippen LogP contribution in [0, 0.1) is 10.1 Å². The van der Waals surface area contributed by atoms with E-state index in [1.54, 1.807) is 0 Å². The van der Waals surface area contributed by atoms with Gasteiger partial charge in [0.15, 0.2) is 0 Å². The summed E-state index contributed by atoms with van der Waals surface area (Å²) in [6.45, 7) is 0. The molecule has 1 aliphatic carbocycles. The summed E-state index contributed by atoms with van der Waals surface area (Å²) in [4.78, 5) is 34.1. The Kier molecular flexibility index (Phi) is 6.08. The molecule has 1 fully saturated rings. The zero-order chi connectivity index (χ0) is 16.7. The van der Waals surface area contributed by atoms with E-state index in [4.69, 9.17) is 0 Å². The van der Waals surface area contributed by atoms with Crippen LogP contribution in [0.1, 0.15) is 44.9 Å². The van der Waals surface area contributed by atoms with Gasteiger partial charge in [-0.1, -0.05) is 38.2 Å². The summed E-state index contributed by atoms with van der Waals surface area (Å²) in [5.41, 5.74) is 0.0974. The van der Waals surface area contributed by atoms with E-state index in [-0.39, 0.29) is 17.4 Å². The highest BCUT2D eigenvalue weighted by Crippen LogP contribution is 2.18. The van der Waals surface area contributed by atoms with Crippen LogP contribution in [0.2, 0.25) is 0 Å². The van der Waals surface area contributed by atoms with E-state index in [1.165, 1.54) is 30.7 Å². The molecule has 124 valence electrons. The number of amides is 2. The number of nitrogens with one attached hydrogen (secondary N) is 2. The maximum atomic E-state index is 12.0. The lowest BCUT2D eigenvalue weighted by atomic mass is 9.97. The molecule has 1 saturated carbocycles. The van der Waals surface area contributed by atoms with E-state index < -0.39 is 16.7 Å². The SMILES string of the molecule is O=C(Nc1cccc([N+](=O)[O-])c1)C(=O)NC1CCCCCCC1. The first-order valence-electron chi connectivity index (χ1n) is 7.92. The zero-order valence-corrected chi connectivity index (χ0v) is 12.9. The maximum Gasteiger partial charge on any atom is 0.313 e. The molecule has 1 aromatic rings. The third-order valence-electron chi connectivity index (χ3n) is 3.96. The molecule has 1 aliphatic rings. The average Bonchev–Trinajstić information content (AvgIpc) is 2.50. The number of nitro benzene ring substituents is 1. The fourth-order valence-corrected chi connectivity index (χ4v) is 2.74. The summed E-state index contributed by atoms with van der Waals surface area (Å²) >= 11 is 0. The van der Waals surface area contributed by atoms with Crippen LogP contribution in [0.4, 0.5) is 11.4 Å². The fourth-order valence-electron chi connectivity index (χ4n) is 2.74. The Bertz CT molecular complexity index is 580. The van der Waals surface area contributed by atoms with Gasteiger partial charge >= 0.3 is 11.8 Å². The molecule has 2 N–H and O–H groups in total. The number of nitrogens with zero attached hydrogens (tertiary/aromatic N) is 1. The van der Waals surface area contributed by atoms with Gasteiger partial charge in [0.1, 0.15) is 0 Å². The van der Waals surface area contributed by atoms with Crippen molar-refractivity contribution in [1.82, 2.24) is 5.32 Å². The van der Waals surface area contributed by atoms with Crippen molar-refractivity contribution in [2.75, 3.05) is 5.32 Å². The number of rotatable bonds is 3. The molecule has 0 heterocycles. The zero-order valence-electron chi connectivity index (χ0n) is 12.9. The molecular weight excluding hydrogens is 298 g/mol. The Morgan fingerprint density at radius 2 is 1.70 bits per heavy atom. The summed E-state index contributed by atoms with van der Waals surface area (Å²) in [5, 5.41) is 15.9. The molecule has 0 spiro atoms. The number of hydrogen-bond donors (Lipinski definition) is 2. The Morgan fingerprint density at radius 1 is 1.04 bits per heavy atom. The van der Waals surface area contributed by atoms with Gasteiger partial charge in [0.2, 0.25) is 0 Å². The number of hydrogen-bond acceptors (Lipinski definition) is 4. The van der Waals surface area contributed by atoms with Gasteiger partial charge in [-0.2, -0.15) is 0 Å². The molecule has 0 radical (unpaired) electrons. The molecule has 2 amide bonds. The number of carbonyl (C=O) groups is 2. The van der Waals surface area contributed by atoms with Crippen LogP contribution >= 0.6 is 0 Å². The van der Waals surface area contributed by atoms with E-state index in [0.717, 1.165) is 38.5 Å². The van der Waals surface area contributed by atoms with Crippen molar-refractivity contribution in [2.45, 2.75) is 51.0 Å². The van der Waals surface area contributed by atoms with E-state index in [2.05, 4.69) is 10.6 Å². The monoisotopic (exact) mass is 319 g/mol. The van der Waals surface area contributed by atoms with E-state index in [1.807, 2.05) is 0 Å². The van der Waals surface area contributed by atoms with Crippen LogP contribution in [-0.2, 0) is 9.59 Å². The summed E-state index contributed by atoms with van der Waals surface area (Å²) < 4.78 is 0. The minimum atomic E-state index is -0.799. The number of non-ortho nitro benzene ring substituents is 1. The average molecular weight is 319 g/mol. The molecule has 0 bridgehead atoms. The lowest BCUT2D eigenvalue weighted by Crippen LogP contribution is -2.42. The Balaban J connectivity index is 1.90. The van der Waals surface area contributed by atoms with Crippen LogP contribution in [-0.4, -0.2) is 22.8 Å². The minimum Gasteiger partial charge on any atom is -0.345 e. The van der Waals surface area contributed by atoms with Gasteiger partial charge in [-0.05, 0) is 18.9 Å². The molecule has 0 saturated heterocycles. The summed E-state index contributed by atoms with van der Waals surface area (Å²) in [5.74, 6) is -1.49. The molecule has 7 nitrogen and oxygen atoms in total. The Morgan fingerprint density at radius 3 is 2.35 bits per heavy atom. The van der Waals surface area contributed by atoms with Crippen molar-refractivity contribution in [3.8, 4) is 0 Å². The van der Waals surface area contributed by atoms with Crippen molar-refractivity contribution in [3.05, 3.63) is 34.4 Å². The maximum absolute atomic E-state index is 12.0. The van der Waals surface area contributed by atoms with Gasteiger partial charge in [0.25, 0.3) is 5.69 Å². The van der Waals surface area contributed by atoms with E-state index in [0.29, 0.717) is 0 Å². The second-order valence-electron chi connectivity index (χ2n) is 5.78. The summed E-state index contributed by atoms with van der Waals surface area (Å²) in [7, 11) is 0. The molecule has 0 atom stereocenters. The predicted octanol–water partition coefficient (Wildman–Crippen LogP) is 2.76. The number of benzene rings is 1. The third kappa shape index (κ3) is 5.36. The largest absolute Gasteiger partial charge is 0.345 e. The Hall–Kier alpha value is -2.44. The van der Waals surface area contributed by atoms with E-state index >= 15 is 0 Å². The number of anilines is 1. The second kappa shape index (κ2) is 8.26.